The van der Waals surface area contributed by atoms with Gasteiger partial charge in [0.05, 0.1) is 31.0 Å². The van der Waals surface area contributed by atoms with Crippen LogP contribution in [-0.4, -0.2) is 122 Å². The van der Waals surface area contributed by atoms with Gasteiger partial charge in [0, 0.05) is 26.7 Å². The van der Waals surface area contributed by atoms with E-state index in [0.29, 0.717) is 32.0 Å². The molecule has 0 radical (unpaired) electrons. The highest BCUT2D eigenvalue weighted by Crippen LogP contribution is 2.30. The van der Waals surface area contributed by atoms with E-state index >= 15 is 0 Å². The van der Waals surface area contributed by atoms with Crippen LogP contribution < -0.4 is 37.9 Å². The fourth-order valence-corrected chi connectivity index (χ4v) is 13.2. The normalized spacial score (nSPS) is 15.4. The Labute approximate surface area is 824 Å². The van der Waals surface area contributed by atoms with Crippen LogP contribution in [0.4, 0.5) is 0 Å². The van der Waals surface area contributed by atoms with Gasteiger partial charge < -0.3 is 90.0 Å². The molecule has 137 heavy (non-hydrogen) atoms. The van der Waals surface area contributed by atoms with Gasteiger partial charge in [-0.1, -0.05) is 227 Å². The number of hydrogen-bond acceptors (Lipinski definition) is 19. The molecule has 0 N–H and O–H groups in total. The van der Waals surface area contributed by atoms with Gasteiger partial charge in [0.25, 0.3) is 0 Å². The summed E-state index contributed by atoms with van der Waals surface area (Å²) in [4.78, 5) is 0. The minimum atomic E-state index is -0.323. The van der Waals surface area contributed by atoms with Gasteiger partial charge in [-0.25, -0.2) is 0 Å². The first-order chi connectivity index (χ1) is 65.1. The first-order valence-electron chi connectivity index (χ1n) is 48.3. The zero-order valence-electron chi connectivity index (χ0n) is 87.3. The summed E-state index contributed by atoms with van der Waals surface area (Å²) >= 11 is 0. The van der Waals surface area contributed by atoms with E-state index in [1.165, 1.54) is 25.7 Å². The van der Waals surface area contributed by atoms with E-state index in [4.69, 9.17) is 90.0 Å². The van der Waals surface area contributed by atoms with Gasteiger partial charge >= 0.3 is 0 Å². The van der Waals surface area contributed by atoms with E-state index < -0.39 is 0 Å². The summed E-state index contributed by atoms with van der Waals surface area (Å²) in [7, 11) is 1.58. The zero-order valence-corrected chi connectivity index (χ0v) is 87.3. The van der Waals surface area contributed by atoms with Crippen molar-refractivity contribution in [3.8, 4) is 46.0 Å². The van der Waals surface area contributed by atoms with Crippen LogP contribution in [0.15, 0.2) is 247 Å². The van der Waals surface area contributed by atoms with E-state index in [1.54, 1.807) is 7.11 Å². The van der Waals surface area contributed by atoms with Crippen molar-refractivity contribution in [3.63, 3.8) is 0 Å². The van der Waals surface area contributed by atoms with Gasteiger partial charge in [-0.15, -0.1) is 0 Å². The average molecular weight is 1890 g/mol. The third-order valence-corrected chi connectivity index (χ3v) is 20.4. The molecule has 8 aromatic rings. The lowest BCUT2D eigenvalue weighted by Crippen LogP contribution is -2.29. The van der Waals surface area contributed by atoms with Gasteiger partial charge in [0.15, 0.2) is 70.2 Å². The minimum absolute atomic E-state index is 0.0653. The van der Waals surface area contributed by atoms with Crippen LogP contribution >= 0.6 is 0 Å². The molecule has 0 aromatic heterocycles. The Kier molecular flexibility index (Phi) is 57.5. The Balaban J connectivity index is 0.000000328. The highest BCUT2D eigenvalue weighted by molar-refractivity contribution is 5.66. The molecule has 3 fully saturated rings. The van der Waals surface area contributed by atoms with Crippen LogP contribution in [0.25, 0.3) is 44.6 Å². The summed E-state index contributed by atoms with van der Waals surface area (Å²) in [5, 5.41) is 0. The second-order valence-electron chi connectivity index (χ2n) is 36.0. The largest absolute Gasteiger partial charge is 0.465 e. The third kappa shape index (κ3) is 54.0. The van der Waals surface area contributed by atoms with E-state index in [9.17, 15) is 0 Å². The summed E-state index contributed by atoms with van der Waals surface area (Å²) in [6.07, 6.45) is 11.2. The van der Waals surface area contributed by atoms with Crippen LogP contribution in [0.5, 0.6) is 46.0 Å². The van der Waals surface area contributed by atoms with Crippen molar-refractivity contribution in [1.82, 2.24) is 0 Å². The highest BCUT2D eigenvalue weighted by Gasteiger charge is 2.22. The fourth-order valence-electron chi connectivity index (χ4n) is 13.2. The molecule has 3 aliphatic rings. The molecule has 1 aliphatic carbocycles. The molecule has 2 saturated heterocycles. The Morgan fingerprint density at radius 1 is 0.314 bits per heavy atom. The summed E-state index contributed by atoms with van der Waals surface area (Å²) in [6, 6.07) is 63.0. The lowest BCUT2D eigenvalue weighted by molar-refractivity contribution is -0.225. The van der Waals surface area contributed by atoms with E-state index in [2.05, 4.69) is 66.5 Å². The van der Waals surface area contributed by atoms with Gasteiger partial charge in [0.2, 0.25) is 0 Å². The maximum atomic E-state index is 5.74. The molecular weight excluding hydrogens is 1720 g/mol. The molecule has 752 valence electrons. The van der Waals surface area contributed by atoms with Crippen molar-refractivity contribution in [3.05, 3.63) is 291 Å². The summed E-state index contributed by atoms with van der Waals surface area (Å²) in [6.45, 7) is 80.0. The molecule has 9 atom stereocenters. The van der Waals surface area contributed by atoms with Crippen molar-refractivity contribution >= 4 is 44.6 Å². The van der Waals surface area contributed by atoms with Crippen LogP contribution in [-0.2, 0) is 52.1 Å². The molecule has 0 spiro atoms. The predicted octanol–water partition coefficient (Wildman–Crippen LogP) is 31.2. The Hall–Kier alpha value is -10.4. The number of ether oxygens (including phenoxy) is 19. The Bertz CT molecular complexity index is 4690. The van der Waals surface area contributed by atoms with Crippen molar-refractivity contribution < 1.29 is 90.0 Å². The lowest BCUT2D eigenvalue weighted by Gasteiger charge is -2.26. The first kappa shape index (κ1) is 119. The third-order valence-electron chi connectivity index (χ3n) is 20.4. The molecule has 0 amide bonds. The predicted molar refractivity (Wildman–Crippen MR) is 565 cm³/mol. The van der Waals surface area contributed by atoms with Crippen molar-refractivity contribution in [1.29, 1.82) is 0 Å². The topological polar surface area (TPSA) is 175 Å². The van der Waals surface area contributed by atoms with Gasteiger partial charge in [-0.2, -0.15) is 0 Å². The fraction of sp³-hybridized carbons (Fsp3) is 0.458. The van der Waals surface area contributed by atoms with Gasteiger partial charge in [-0.3, -0.25) is 0 Å². The monoisotopic (exact) mass is 1890 g/mol. The average Bonchev–Trinajstić information content (AvgIpc) is 0.962. The Morgan fingerprint density at radius 2 is 0.584 bits per heavy atom. The molecule has 11 rings (SSSR count). The second-order valence-corrected chi connectivity index (χ2v) is 36.0. The number of hydrogen-bond donors (Lipinski definition) is 0. The first-order valence-corrected chi connectivity index (χ1v) is 48.3. The molecule has 0 bridgehead atoms. The maximum absolute atomic E-state index is 5.74. The van der Waals surface area contributed by atoms with Crippen molar-refractivity contribution in [2.24, 2.45) is 5.92 Å². The lowest BCUT2D eigenvalue weighted by atomic mass is 9.98. The molecule has 2 heterocycles. The number of allylic oxidation sites excluding steroid dienone is 8. The van der Waals surface area contributed by atoms with E-state index in [-0.39, 0.29) is 75.1 Å². The van der Waals surface area contributed by atoms with Crippen LogP contribution in [0.3, 0.4) is 0 Å². The molecular formula is C118H166O19. The molecule has 19 nitrogen and oxygen atoms in total. The van der Waals surface area contributed by atoms with Crippen LogP contribution in [0.2, 0.25) is 0 Å². The molecule has 1 saturated carbocycles. The zero-order chi connectivity index (χ0) is 101. The highest BCUT2D eigenvalue weighted by atomic mass is 16.8. The minimum Gasteiger partial charge on any atom is -0.465 e. The van der Waals surface area contributed by atoms with Crippen LogP contribution in [0.1, 0.15) is 274 Å². The quantitative estimate of drug-likeness (QED) is 0.0330. The van der Waals surface area contributed by atoms with Gasteiger partial charge in [-0.05, 0) is 338 Å². The summed E-state index contributed by atoms with van der Waals surface area (Å²) < 4.78 is 105. The molecule has 8 aromatic carbocycles. The van der Waals surface area contributed by atoms with E-state index in [1.807, 2.05) is 340 Å². The Morgan fingerprint density at radius 3 is 0.861 bits per heavy atom. The standard InChI is InChI=1S/C18H26O3.C16H22O3.2C15H22O2.C14H18O2.C14H20O2.C13H18O3.C13H18O2/c1-14(2)16-9-11-18(12-10-16)21-15(3)19-13-20-17-7-5-4-6-8-17;1-12(2)14-7-9-15(10-8-14)18-13(3)19-16-6-4-5-11-17-16;1-11(2)13-7-9-14(10-8-13)16-12(3)17-15(4,5)6;1-11(2)10-16-13(5)17-15-8-6-14(7-9-15)12(3)4;1-11(2)12-6-8-13(9-7-12)16-14-5-3-4-10-15-14;1-10(2)13-6-8-14(9-7-13)16-12(5)15-11(3)4;1-10(2)12-5-7-13(8-6-12)16-11(3)15-9-14-4;1-5-14-11(4)15-13-8-6-12(7-9-13)10(2)3/h9-12,15,17H,1,4-8,13H2,2-3H3;7-10,13,16H,1,4-6,11H2,2-3H3;7-10,12H,1H2,2-6H3;6-9,11,13H,3,10H2,1-2,4-5H3;6-9,14H,1,3-5,10H2,2H3;6-9,11-12H,1H2,2-5H3;5-8,11H,1,9H2,2-4H3;6-9,11H,2,5H2,1,3-4H3. The number of rotatable bonds is 41. The number of benzene rings is 8. The summed E-state index contributed by atoms with van der Waals surface area (Å²) in [5.41, 5.74) is 17.2. The SMILES string of the molecule is C=C(C)c1ccc(OC(C)OC(C)(C)C)cc1.C=C(C)c1ccc(OC(C)OC(C)C)cc1.C=C(C)c1ccc(OC(C)OC2CCCCO2)cc1.C=C(C)c1ccc(OC(C)OCC(C)C)cc1.C=C(C)c1ccc(OC(C)OCC)cc1.C=C(C)c1ccc(OC(C)OCOC)cc1.C=C(C)c1ccc(OC(C)OCOC2CCCCC2)cc1.C=C(C)c1ccc(OC2CCCCO2)cc1. The van der Waals surface area contributed by atoms with Crippen molar-refractivity contribution in [2.75, 3.05) is 47.1 Å². The van der Waals surface area contributed by atoms with Crippen molar-refractivity contribution in [2.45, 2.75) is 304 Å². The summed E-state index contributed by atoms with van der Waals surface area (Å²) in [5.74, 6) is 7.04. The van der Waals surface area contributed by atoms with Crippen LogP contribution in [0, 0.1) is 5.92 Å². The maximum Gasteiger partial charge on any atom is 0.199 e. The molecule has 19 heteroatoms. The van der Waals surface area contributed by atoms with Gasteiger partial charge in [0.1, 0.15) is 46.0 Å². The smallest absolute Gasteiger partial charge is 0.199 e. The number of methoxy groups -OCH3 is 1. The molecule has 9 unspecified atom stereocenters. The second kappa shape index (κ2) is 66.3. The van der Waals surface area contributed by atoms with E-state index in [0.717, 1.165) is 193 Å². The molecule has 2 aliphatic heterocycles.